The molecule has 0 atom stereocenters. The third-order valence-corrected chi connectivity index (χ3v) is 4.71. The summed E-state index contributed by atoms with van der Waals surface area (Å²) in [5, 5.41) is 1.60. The Kier molecular flexibility index (Phi) is 4.77. The Hall–Kier alpha value is -2.92. The first kappa shape index (κ1) is 17.5. The predicted molar refractivity (Wildman–Crippen MR) is 106 cm³/mol. The molecule has 0 saturated heterocycles. The molecule has 4 aromatic heterocycles. The fraction of sp³-hybridized carbons (Fsp3) is 0.143. The van der Waals surface area contributed by atoms with Crippen molar-refractivity contribution in [2.75, 3.05) is 7.11 Å². The molecule has 0 spiro atoms. The van der Waals surface area contributed by atoms with Gasteiger partial charge >= 0.3 is 0 Å². The van der Waals surface area contributed by atoms with Crippen molar-refractivity contribution in [1.29, 1.82) is 0 Å². The Balaban J connectivity index is 1.59. The van der Waals surface area contributed by atoms with E-state index in [4.69, 9.17) is 16.3 Å². The fourth-order valence-corrected chi connectivity index (χ4v) is 3.27. The summed E-state index contributed by atoms with van der Waals surface area (Å²) in [4.78, 5) is 16.3. The van der Waals surface area contributed by atoms with E-state index in [2.05, 4.69) is 26.0 Å². The number of hydrogen-bond acceptors (Lipinski definition) is 4. The van der Waals surface area contributed by atoms with Gasteiger partial charge in [-0.15, -0.1) is 0 Å². The van der Waals surface area contributed by atoms with Crippen LogP contribution in [-0.4, -0.2) is 27.0 Å². The van der Waals surface area contributed by atoms with Gasteiger partial charge in [0.05, 0.1) is 12.8 Å². The Morgan fingerprint density at radius 2 is 2.07 bits per heavy atom. The van der Waals surface area contributed by atoms with Gasteiger partial charge in [0, 0.05) is 42.4 Å². The van der Waals surface area contributed by atoms with Gasteiger partial charge in [-0.05, 0) is 41.8 Å². The Bertz CT molecular complexity index is 1110. The van der Waals surface area contributed by atoms with Crippen LogP contribution in [0.2, 0.25) is 5.15 Å². The third kappa shape index (κ3) is 3.64. The number of aryl methyl sites for hydroxylation is 1. The number of hydrogen-bond donors (Lipinski definition) is 1. The Morgan fingerprint density at radius 1 is 1.19 bits per heavy atom. The van der Waals surface area contributed by atoms with E-state index >= 15 is 0 Å². The highest BCUT2D eigenvalue weighted by Crippen LogP contribution is 2.25. The average molecular weight is 378 g/mol. The maximum atomic E-state index is 6.46. The van der Waals surface area contributed by atoms with E-state index in [1.807, 2.05) is 50.0 Å². The topological polar surface area (TPSA) is 63.7 Å². The number of nitrogens with one attached hydrogen (secondary N) is 1. The van der Waals surface area contributed by atoms with E-state index in [0.29, 0.717) is 17.5 Å². The monoisotopic (exact) mass is 377 g/mol. The second kappa shape index (κ2) is 7.37. The lowest BCUT2D eigenvalue weighted by atomic mass is 10.0. The molecule has 27 heavy (non-hydrogen) atoms. The van der Waals surface area contributed by atoms with E-state index in [9.17, 15) is 0 Å². The summed E-state index contributed by atoms with van der Waals surface area (Å²) in [5.41, 5.74) is 5.74. The largest absolute Gasteiger partial charge is 0.481 e. The third-order valence-electron chi connectivity index (χ3n) is 4.38. The predicted octanol–water partition coefficient (Wildman–Crippen LogP) is 4.51. The fourth-order valence-electron chi connectivity index (χ4n) is 3.05. The van der Waals surface area contributed by atoms with Crippen LogP contribution in [0.25, 0.3) is 11.0 Å². The van der Waals surface area contributed by atoms with Gasteiger partial charge in [-0.3, -0.25) is 0 Å². The molecule has 0 saturated carbocycles. The zero-order valence-corrected chi connectivity index (χ0v) is 15.8. The van der Waals surface area contributed by atoms with E-state index in [0.717, 1.165) is 39.0 Å². The van der Waals surface area contributed by atoms with Gasteiger partial charge in [-0.25, -0.2) is 15.0 Å². The number of pyridine rings is 3. The smallest absolute Gasteiger partial charge is 0.216 e. The lowest BCUT2D eigenvalue weighted by molar-refractivity contribution is 0.395. The number of halogens is 1. The summed E-state index contributed by atoms with van der Waals surface area (Å²) in [6.07, 6.45) is 8.12. The van der Waals surface area contributed by atoms with Gasteiger partial charge in [0.1, 0.15) is 10.8 Å². The Morgan fingerprint density at radius 3 is 2.89 bits per heavy atom. The van der Waals surface area contributed by atoms with Crippen LogP contribution in [0.4, 0.5) is 0 Å². The minimum absolute atomic E-state index is 0.488. The number of methoxy groups -OCH3 is 1. The molecule has 4 rings (SSSR count). The molecule has 0 aliphatic carbocycles. The van der Waals surface area contributed by atoms with Crippen molar-refractivity contribution in [1.82, 2.24) is 19.9 Å². The number of aromatic amines is 1. The number of ether oxygens (including phenoxy) is 1. The van der Waals surface area contributed by atoms with Crippen molar-refractivity contribution < 1.29 is 4.74 Å². The molecule has 6 heteroatoms. The molecule has 1 radical (unpaired) electrons. The van der Waals surface area contributed by atoms with Crippen molar-refractivity contribution >= 4 is 22.6 Å². The minimum atomic E-state index is 0.488. The highest BCUT2D eigenvalue weighted by atomic mass is 35.5. The quantitative estimate of drug-likeness (QED) is 0.519. The molecule has 0 bridgehead atoms. The molecule has 0 aromatic carbocycles. The lowest BCUT2D eigenvalue weighted by Gasteiger charge is -2.08. The second-order valence-corrected chi connectivity index (χ2v) is 6.69. The van der Waals surface area contributed by atoms with E-state index in [1.165, 1.54) is 0 Å². The molecule has 0 unspecified atom stereocenters. The molecule has 4 aromatic rings. The van der Waals surface area contributed by atoms with Crippen LogP contribution in [-0.2, 0) is 6.42 Å². The van der Waals surface area contributed by atoms with Crippen LogP contribution in [0.5, 0.6) is 5.88 Å². The molecule has 0 amide bonds. The van der Waals surface area contributed by atoms with Crippen LogP contribution >= 0.6 is 11.6 Å². The molecule has 5 nitrogen and oxygen atoms in total. The maximum Gasteiger partial charge on any atom is 0.216 e. The van der Waals surface area contributed by atoms with Gasteiger partial charge in [-0.2, -0.15) is 0 Å². The second-order valence-electron chi connectivity index (χ2n) is 6.33. The highest BCUT2D eigenvalue weighted by Gasteiger charge is 2.12. The molecule has 0 fully saturated rings. The van der Waals surface area contributed by atoms with Gasteiger partial charge in [0.2, 0.25) is 5.88 Å². The first-order chi connectivity index (χ1) is 13.1. The van der Waals surface area contributed by atoms with E-state index in [-0.39, 0.29) is 0 Å². The normalized spacial score (nSPS) is 11.1. The number of aromatic nitrogens is 4. The minimum Gasteiger partial charge on any atom is -0.481 e. The average Bonchev–Trinajstić information content (AvgIpc) is 3.06. The summed E-state index contributed by atoms with van der Waals surface area (Å²) in [6, 6.07) is 9.87. The van der Waals surface area contributed by atoms with Crippen LogP contribution in [0, 0.1) is 13.3 Å². The number of H-pyrrole nitrogens is 1. The summed E-state index contributed by atoms with van der Waals surface area (Å²) in [5.74, 6) is 0.557. The van der Waals surface area contributed by atoms with Crippen molar-refractivity contribution in [2.45, 2.75) is 13.3 Å². The summed E-state index contributed by atoms with van der Waals surface area (Å²) < 4.78 is 5.28. The number of nitrogens with zero attached hydrogens (tertiary/aromatic N) is 3. The van der Waals surface area contributed by atoms with Gasteiger partial charge in [-0.1, -0.05) is 23.7 Å². The first-order valence-electron chi connectivity index (χ1n) is 8.56. The van der Waals surface area contributed by atoms with Gasteiger partial charge < -0.3 is 9.72 Å². The van der Waals surface area contributed by atoms with Crippen LogP contribution < -0.4 is 4.74 Å². The molecule has 1 N–H and O–H groups in total. The van der Waals surface area contributed by atoms with Crippen molar-refractivity contribution in [3.63, 3.8) is 0 Å². The van der Waals surface area contributed by atoms with Crippen LogP contribution in [0.3, 0.4) is 0 Å². The first-order valence-corrected chi connectivity index (χ1v) is 8.93. The molecule has 0 aliphatic heterocycles. The molecular formula is C21H18ClN4O. The zero-order valence-electron chi connectivity index (χ0n) is 15.0. The molecule has 4 heterocycles. The highest BCUT2D eigenvalue weighted by molar-refractivity contribution is 6.30. The molecular weight excluding hydrogens is 360 g/mol. The van der Waals surface area contributed by atoms with E-state index in [1.54, 1.807) is 13.3 Å². The summed E-state index contributed by atoms with van der Waals surface area (Å²) in [6.45, 7) is 2.04. The zero-order chi connectivity index (χ0) is 18.8. The van der Waals surface area contributed by atoms with E-state index < -0.39 is 0 Å². The van der Waals surface area contributed by atoms with Crippen molar-refractivity contribution in [3.05, 3.63) is 88.4 Å². The number of fused-ring (bicyclic) bond motifs is 1. The summed E-state index contributed by atoms with van der Waals surface area (Å²) >= 11 is 6.46. The number of rotatable bonds is 5. The van der Waals surface area contributed by atoms with Crippen molar-refractivity contribution in [3.8, 4) is 5.88 Å². The lowest BCUT2D eigenvalue weighted by Crippen LogP contribution is -1.98. The van der Waals surface area contributed by atoms with Gasteiger partial charge in [0.25, 0.3) is 0 Å². The SMILES string of the molecule is COc1ncccc1[CH]c1ccc(Cc2c[nH]c3ncc(C)cc23)c(Cl)n1. The maximum absolute atomic E-state index is 6.46. The standard InChI is InChI=1S/C21H18ClN4O/c1-13-8-18-16(12-25-20(18)24-11-13)9-14-5-6-17(26-19(14)22)10-15-4-3-7-23-21(15)27-2/h3-8,10-12H,9H2,1-2H3,(H,24,25). The molecule has 135 valence electrons. The Labute approximate surface area is 162 Å². The summed E-state index contributed by atoms with van der Waals surface area (Å²) in [7, 11) is 1.60. The van der Waals surface area contributed by atoms with Gasteiger partial charge in [0.15, 0.2) is 0 Å². The van der Waals surface area contributed by atoms with Crippen molar-refractivity contribution in [2.24, 2.45) is 0 Å². The van der Waals surface area contributed by atoms with Crippen LogP contribution in [0.1, 0.15) is 27.9 Å². The molecule has 0 aliphatic rings. The van der Waals surface area contributed by atoms with Crippen LogP contribution in [0.15, 0.2) is 48.9 Å².